The predicted octanol–water partition coefficient (Wildman–Crippen LogP) is -0.718. The molecule has 0 spiro atoms. The van der Waals surface area contributed by atoms with Crippen molar-refractivity contribution in [3.8, 4) is 5.75 Å². The van der Waals surface area contributed by atoms with Crippen molar-refractivity contribution in [3.63, 3.8) is 0 Å². The van der Waals surface area contributed by atoms with Crippen LogP contribution in [0.4, 0.5) is 0 Å². The second-order valence-electron chi connectivity index (χ2n) is 2.37. The van der Waals surface area contributed by atoms with Crippen LogP contribution in [0.15, 0.2) is 29.2 Å². The molecular formula is C6H7BO6S. The molecule has 0 amide bonds. The maximum absolute atomic E-state index is 10.7. The van der Waals surface area contributed by atoms with Gasteiger partial charge in [0.15, 0.2) is 0 Å². The highest BCUT2D eigenvalue weighted by molar-refractivity contribution is 7.86. The summed E-state index contributed by atoms with van der Waals surface area (Å²) < 4.78 is 34.6. The predicted molar refractivity (Wildman–Crippen MR) is 47.1 cm³/mol. The molecule has 0 saturated heterocycles. The van der Waals surface area contributed by atoms with Crippen molar-refractivity contribution in [3.05, 3.63) is 24.3 Å². The van der Waals surface area contributed by atoms with Crippen LogP contribution >= 0.6 is 0 Å². The van der Waals surface area contributed by atoms with Crippen LogP contribution in [0, 0.1) is 0 Å². The Bertz CT molecular complexity index is 414. The van der Waals surface area contributed by atoms with Gasteiger partial charge in [0.2, 0.25) is 0 Å². The van der Waals surface area contributed by atoms with Crippen molar-refractivity contribution in [2.45, 2.75) is 4.90 Å². The van der Waals surface area contributed by atoms with E-state index in [1.165, 1.54) is 18.2 Å². The molecule has 3 N–H and O–H groups in total. The van der Waals surface area contributed by atoms with Gasteiger partial charge < -0.3 is 14.7 Å². The molecular weight excluding hydrogens is 211 g/mol. The first-order chi connectivity index (χ1) is 6.41. The average Bonchev–Trinajstić information content (AvgIpc) is 2.01. The molecule has 8 heteroatoms. The van der Waals surface area contributed by atoms with Gasteiger partial charge in [-0.3, -0.25) is 4.55 Å². The molecule has 0 aliphatic rings. The van der Waals surface area contributed by atoms with Gasteiger partial charge in [-0.1, -0.05) is 12.1 Å². The largest absolute Gasteiger partial charge is 0.707 e. The van der Waals surface area contributed by atoms with Crippen molar-refractivity contribution in [2.24, 2.45) is 0 Å². The van der Waals surface area contributed by atoms with Gasteiger partial charge in [-0.05, 0) is 12.1 Å². The van der Waals surface area contributed by atoms with Crippen LogP contribution in [0.2, 0.25) is 0 Å². The van der Waals surface area contributed by atoms with E-state index in [9.17, 15) is 8.42 Å². The fraction of sp³-hybridized carbons (Fsp3) is 0. The Morgan fingerprint density at radius 1 is 1.21 bits per heavy atom. The maximum atomic E-state index is 10.7. The quantitative estimate of drug-likeness (QED) is 0.456. The Kier molecular flexibility index (Phi) is 3.12. The van der Waals surface area contributed by atoms with Crippen LogP contribution in [0.25, 0.3) is 0 Å². The van der Waals surface area contributed by atoms with E-state index in [4.69, 9.17) is 14.6 Å². The van der Waals surface area contributed by atoms with Crippen LogP contribution in [-0.4, -0.2) is 30.3 Å². The SMILES string of the molecule is O=S(=O)(O)c1ccccc1OB(O)O. The Labute approximate surface area is 80.7 Å². The van der Waals surface area contributed by atoms with E-state index in [0.717, 1.165) is 6.07 Å². The lowest BCUT2D eigenvalue weighted by molar-refractivity contribution is 0.284. The third-order valence-electron chi connectivity index (χ3n) is 1.36. The van der Waals surface area contributed by atoms with Crippen LogP contribution in [0.3, 0.4) is 0 Å². The van der Waals surface area contributed by atoms with E-state index in [-0.39, 0.29) is 5.75 Å². The van der Waals surface area contributed by atoms with Gasteiger partial charge in [-0.2, -0.15) is 8.42 Å². The summed E-state index contributed by atoms with van der Waals surface area (Å²) in [5.74, 6) is -0.329. The number of hydrogen-bond acceptors (Lipinski definition) is 5. The highest BCUT2D eigenvalue weighted by atomic mass is 32.2. The Balaban J connectivity index is 3.17. The molecule has 0 heterocycles. The second-order valence-corrected chi connectivity index (χ2v) is 3.76. The van der Waals surface area contributed by atoms with Crippen molar-refractivity contribution >= 4 is 17.4 Å². The number of hydrogen-bond donors (Lipinski definition) is 3. The average molecular weight is 218 g/mol. The zero-order chi connectivity index (χ0) is 10.8. The zero-order valence-corrected chi connectivity index (χ0v) is 7.68. The van der Waals surface area contributed by atoms with E-state index in [2.05, 4.69) is 4.65 Å². The molecule has 1 rings (SSSR count). The molecule has 0 aliphatic carbocycles. The molecule has 6 nitrogen and oxygen atoms in total. The Morgan fingerprint density at radius 2 is 1.79 bits per heavy atom. The minimum Gasteiger partial charge on any atom is -0.511 e. The highest BCUT2D eigenvalue weighted by Crippen LogP contribution is 2.22. The molecule has 76 valence electrons. The van der Waals surface area contributed by atoms with Gasteiger partial charge in [0.1, 0.15) is 10.6 Å². The minimum absolute atomic E-state index is 0.329. The van der Waals surface area contributed by atoms with Gasteiger partial charge in [-0.25, -0.2) is 0 Å². The minimum atomic E-state index is -4.43. The first-order valence-electron chi connectivity index (χ1n) is 3.50. The van der Waals surface area contributed by atoms with Gasteiger partial charge in [0.25, 0.3) is 10.1 Å². The summed E-state index contributed by atoms with van der Waals surface area (Å²) >= 11 is 0. The van der Waals surface area contributed by atoms with Crippen LogP contribution in [0.1, 0.15) is 0 Å². The monoisotopic (exact) mass is 218 g/mol. The van der Waals surface area contributed by atoms with Gasteiger partial charge in [0, 0.05) is 0 Å². The number of rotatable bonds is 3. The third-order valence-corrected chi connectivity index (χ3v) is 2.25. The summed E-state index contributed by atoms with van der Waals surface area (Å²) in [6.07, 6.45) is 0. The Morgan fingerprint density at radius 3 is 2.29 bits per heavy atom. The molecule has 0 bridgehead atoms. The van der Waals surface area contributed by atoms with Crippen molar-refractivity contribution in [1.29, 1.82) is 0 Å². The summed E-state index contributed by atoms with van der Waals surface area (Å²) in [4.78, 5) is -0.520. The third kappa shape index (κ3) is 2.71. The van der Waals surface area contributed by atoms with E-state index in [1.807, 2.05) is 0 Å². The summed E-state index contributed by atoms with van der Waals surface area (Å²) in [6.45, 7) is 0. The molecule has 0 saturated carbocycles. The van der Waals surface area contributed by atoms with E-state index < -0.39 is 22.3 Å². The van der Waals surface area contributed by atoms with Crippen molar-refractivity contribution < 1.29 is 27.7 Å². The number of para-hydroxylation sites is 1. The van der Waals surface area contributed by atoms with Gasteiger partial charge >= 0.3 is 7.32 Å². The first-order valence-corrected chi connectivity index (χ1v) is 4.94. The van der Waals surface area contributed by atoms with Crippen LogP contribution in [-0.2, 0) is 10.1 Å². The summed E-state index contributed by atoms with van der Waals surface area (Å²) in [7, 11) is -6.57. The second kappa shape index (κ2) is 3.97. The van der Waals surface area contributed by atoms with E-state index in [1.54, 1.807) is 0 Å². The van der Waals surface area contributed by atoms with Crippen molar-refractivity contribution in [2.75, 3.05) is 0 Å². The molecule has 0 aliphatic heterocycles. The lowest BCUT2D eigenvalue weighted by Crippen LogP contribution is -2.21. The lowest BCUT2D eigenvalue weighted by atomic mass is 10.2. The Hall–Kier alpha value is -1.09. The molecule has 1 aromatic rings. The summed E-state index contributed by atoms with van der Waals surface area (Å²) in [5.41, 5.74) is 0. The summed E-state index contributed by atoms with van der Waals surface area (Å²) in [6, 6.07) is 5.04. The van der Waals surface area contributed by atoms with Crippen LogP contribution < -0.4 is 4.65 Å². The number of benzene rings is 1. The topological polar surface area (TPSA) is 104 Å². The molecule has 0 unspecified atom stereocenters. The van der Waals surface area contributed by atoms with Gasteiger partial charge in [0.05, 0.1) is 0 Å². The standard InChI is InChI=1S/C6H7BO6S/c8-7(9)13-5-3-1-2-4-6(5)14(10,11)12/h1-4,8-9H,(H,10,11,12). The highest BCUT2D eigenvalue weighted by Gasteiger charge is 2.20. The van der Waals surface area contributed by atoms with E-state index in [0.29, 0.717) is 0 Å². The van der Waals surface area contributed by atoms with E-state index >= 15 is 0 Å². The molecule has 0 aromatic heterocycles. The first kappa shape index (κ1) is 11.0. The molecule has 0 radical (unpaired) electrons. The molecule has 1 aromatic carbocycles. The van der Waals surface area contributed by atoms with Gasteiger partial charge in [-0.15, -0.1) is 0 Å². The fourth-order valence-corrected chi connectivity index (χ4v) is 1.50. The molecule has 0 atom stereocenters. The van der Waals surface area contributed by atoms with Crippen LogP contribution in [0.5, 0.6) is 5.75 Å². The molecule has 14 heavy (non-hydrogen) atoms. The summed E-state index contributed by atoms with van der Waals surface area (Å²) in [5, 5.41) is 16.9. The fourth-order valence-electron chi connectivity index (χ4n) is 0.874. The smallest absolute Gasteiger partial charge is 0.511 e. The van der Waals surface area contributed by atoms with Crippen molar-refractivity contribution in [1.82, 2.24) is 0 Å². The lowest BCUT2D eigenvalue weighted by Gasteiger charge is -2.07. The zero-order valence-electron chi connectivity index (χ0n) is 6.86. The normalized spacial score (nSPS) is 11.1. The maximum Gasteiger partial charge on any atom is 0.707 e. The molecule has 0 fully saturated rings.